The van der Waals surface area contributed by atoms with Crippen LogP contribution in [0.2, 0.25) is 0 Å². The first kappa shape index (κ1) is 16.1. The van der Waals surface area contributed by atoms with E-state index >= 15 is 0 Å². The first-order chi connectivity index (χ1) is 10.7. The van der Waals surface area contributed by atoms with Crippen molar-refractivity contribution >= 4 is 11.7 Å². The van der Waals surface area contributed by atoms with E-state index < -0.39 is 12.0 Å². The molecule has 116 valence electrons. The van der Waals surface area contributed by atoms with Crippen LogP contribution in [0.25, 0.3) is 0 Å². The molecule has 0 aliphatic heterocycles. The number of aliphatic carboxylic acids is 1. The highest BCUT2D eigenvalue weighted by Gasteiger charge is 2.25. The van der Waals surface area contributed by atoms with Crippen molar-refractivity contribution < 1.29 is 9.90 Å². The Hall–Kier alpha value is -2.29. The Kier molecular flexibility index (Phi) is 6.01. The summed E-state index contributed by atoms with van der Waals surface area (Å²) in [5.41, 5.74) is 2.02. The number of hydrogen-bond donors (Lipinski definition) is 1. The maximum absolute atomic E-state index is 11.8. The summed E-state index contributed by atoms with van der Waals surface area (Å²) in [6.07, 6.45) is 2.53. The first-order valence-corrected chi connectivity index (χ1v) is 7.80. The SMILES string of the molecule is CCCCN(c1ccccc1)[C@@H](Cc1ccccc1)C(=O)O. The fourth-order valence-corrected chi connectivity index (χ4v) is 2.58. The van der Waals surface area contributed by atoms with E-state index in [1.165, 1.54) is 0 Å². The number of carboxylic acids is 1. The minimum absolute atomic E-state index is 0.509. The van der Waals surface area contributed by atoms with Crippen LogP contribution in [0.1, 0.15) is 25.3 Å². The van der Waals surface area contributed by atoms with Gasteiger partial charge in [-0.1, -0.05) is 61.9 Å². The van der Waals surface area contributed by atoms with Gasteiger partial charge in [-0.25, -0.2) is 4.79 Å². The maximum atomic E-state index is 11.8. The normalized spacial score (nSPS) is 11.9. The maximum Gasteiger partial charge on any atom is 0.326 e. The van der Waals surface area contributed by atoms with Crippen LogP contribution in [0.5, 0.6) is 0 Å². The summed E-state index contributed by atoms with van der Waals surface area (Å²) in [6.45, 7) is 2.88. The van der Waals surface area contributed by atoms with E-state index in [-0.39, 0.29) is 0 Å². The number of anilines is 1. The molecule has 0 spiro atoms. The lowest BCUT2D eigenvalue weighted by molar-refractivity contribution is -0.138. The molecule has 22 heavy (non-hydrogen) atoms. The fourth-order valence-electron chi connectivity index (χ4n) is 2.58. The van der Waals surface area contributed by atoms with Crippen LogP contribution in [-0.2, 0) is 11.2 Å². The summed E-state index contributed by atoms with van der Waals surface area (Å²) in [5, 5.41) is 9.72. The molecule has 0 bridgehead atoms. The highest BCUT2D eigenvalue weighted by molar-refractivity contribution is 5.78. The molecule has 3 heteroatoms. The second-order valence-electron chi connectivity index (χ2n) is 5.43. The van der Waals surface area contributed by atoms with Crippen LogP contribution in [-0.4, -0.2) is 23.7 Å². The lowest BCUT2D eigenvalue weighted by Gasteiger charge is -2.31. The minimum atomic E-state index is -0.774. The molecule has 0 heterocycles. The molecule has 0 radical (unpaired) electrons. The van der Waals surface area contributed by atoms with Crippen LogP contribution < -0.4 is 4.90 Å². The van der Waals surface area contributed by atoms with Crippen molar-refractivity contribution in [2.75, 3.05) is 11.4 Å². The number of benzene rings is 2. The molecule has 0 aliphatic carbocycles. The average molecular weight is 297 g/mol. The van der Waals surface area contributed by atoms with Crippen LogP contribution in [0, 0.1) is 0 Å². The Morgan fingerprint density at radius 2 is 1.64 bits per heavy atom. The zero-order chi connectivity index (χ0) is 15.8. The van der Waals surface area contributed by atoms with E-state index in [2.05, 4.69) is 6.92 Å². The topological polar surface area (TPSA) is 40.5 Å². The molecule has 0 saturated heterocycles. The van der Waals surface area contributed by atoms with Gasteiger partial charge < -0.3 is 10.0 Å². The smallest absolute Gasteiger partial charge is 0.326 e. The molecule has 0 unspecified atom stereocenters. The van der Waals surface area contributed by atoms with Gasteiger partial charge in [0.15, 0.2) is 0 Å². The standard InChI is InChI=1S/C19H23NO2/c1-2-3-14-20(17-12-8-5-9-13-17)18(19(21)22)15-16-10-6-4-7-11-16/h4-13,18H,2-3,14-15H2,1H3,(H,21,22)/t18-/m0/s1. The molecule has 2 aromatic rings. The van der Waals surface area contributed by atoms with E-state index in [0.29, 0.717) is 6.42 Å². The summed E-state index contributed by atoms with van der Waals surface area (Å²) < 4.78 is 0. The van der Waals surface area contributed by atoms with Gasteiger partial charge in [-0.15, -0.1) is 0 Å². The molecule has 3 nitrogen and oxygen atoms in total. The lowest BCUT2D eigenvalue weighted by atomic mass is 10.0. The Morgan fingerprint density at radius 3 is 2.18 bits per heavy atom. The third-order valence-electron chi connectivity index (χ3n) is 3.77. The fraction of sp³-hybridized carbons (Fsp3) is 0.316. The van der Waals surface area contributed by atoms with Gasteiger partial charge in [0.2, 0.25) is 0 Å². The summed E-state index contributed by atoms with van der Waals surface area (Å²) in [4.78, 5) is 13.9. The largest absolute Gasteiger partial charge is 0.480 e. The summed E-state index contributed by atoms with van der Waals surface area (Å²) in [6, 6.07) is 19.1. The number of nitrogens with zero attached hydrogens (tertiary/aromatic N) is 1. The van der Waals surface area contributed by atoms with Gasteiger partial charge in [0.05, 0.1) is 0 Å². The zero-order valence-corrected chi connectivity index (χ0v) is 13.0. The second kappa shape index (κ2) is 8.23. The summed E-state index contributed by atoms with van der Waals surface area (Å²) in [7, 11) is 0. The molecule has 0 amide bonds. The number of carboxylic acid groups (broad SMARTS) is 1. The Labute approximate surface area is 132 Å². The van der Waals surface area contributed by atoms with Crippen molar-refractivity contribution in [3.05, 3.63) is 66.2 Å². The van der Waals surface area contributed by atoms with E-state index in [1.807, 2.05) is 65.6 Å². The number of para-hydroxylation sites is 1. The van der Waals surface area contributed by atoms with Gasteiger partial charge in [-0.3, -0.25) is 0 Å². The average Bonchev–Trinajstić information content (AvgIpc) is 2.56. The Bertz CT molecular complexity index is 569. The van der Waals surface area contributed by atoms with Crippen molar-refractivity contribution in [1.29, 1.82) is 0 Å². The van der Waals surface area contributed by atoms with Crippen LogP contribution in [0.15, 0.2) is 60.7 Å². The molecular weight excluding hydrogens is 274 g/mol. The van der Waals surface area contributed by atoms with E-state index in [9.17, 15) is 9.90 Å². The van der Waals surface area contributed by atoms with Crippen molar-refractivity contribution in [2.24, 2.45) is 0 Å². The molecule has 0 aliphatic rings. The minimum Gasteiger partial charge on any atom is -0.480 e. The molecule has 2 aromatic carbocycles. The second-order valence-corrected chi connectivity index (χ2v) is 5.43. The summed E-state index contributed by atoms with van der Waals surface area (Å²) in [5.74, 6) is -0.774. The van der Waals surface area contributed by atoms with Gasteiger partial charge in [0, 0.05) is 18.7 Å². The predicted octanol–water partition coefficient (Wildman–Crippen LogP) is 3.99. The predicted molar refractivity (Wildman–Crippen MR) is 90.3 cm³/mol. The third kappa shape index (κ3) is 4.35. The quantitative estimate of drug-likeness (QED) is 0.801. The highest BCUT2D eigenvalue weighted by atomic mass is 16.4. The van der Waals surface area contributed by atoms with E-state index in [0.717, 1.165) is 30.6 Å². The first-order valence-electron chi connectivity index (χ1n) is 7.80. The van der Waals surface area contributed by atoms with Crippen LogP contribution in [0.3, 0.4) is 0 Å². The Morgan fingerprint density at radius 1 is 1.05 bits per heavy atom. The summed E-state index contributed by atoms with van der Waals surface area (Å²) >= 11 is 0. The monoisotopic (exact) mass is 297 g/mol. The number of rotatable bonds is 8. The molecular formula is C19H23NO2. The van der Waals surface area contributed by atoms with Gasteiger partial charge in [-0.05, 0) is 24.1 Å². The number of carbonyl (C=O) groups is 1. The molecule has 1 N–H and O–H groups in total. The number of unbranched alkanes of at least 4 members (excludes halogenated alkanes) is 1. The molecule has 0 saturated carbocycles. The molecule has 2 rings (SSSR count). The van der Waals surface area contributed by atoms with E-state index in [1.54, 1.807) is 0 Å². The van der Waals surface area contributed by atoms with E-state index in [4.69, 9.17) is 0 Å². The highest BCUT2D eigenvalue weighted by Crippen LogP contribution is 2.20. The third-order valence-corrected chi connectivity index (χ3v) is 3.77. The van der Waals surface area contributed by atoms with Crippen molar-refractivity contribution in [3.63, 3.8) is 0 Å². The Balaban J connectivity index is 2.26. The molecule has 0 fully saturated rings. The van der Waals surface area contributed by atoms with Crippen molar-refractivity contribution in [1.82, 2.24) is 0 Å². The van der Waals surface area contributed by atoms with Gasteiger partial charge in [0.1, 0.15) is 6.04 Å². The molecule has 0 aromatic heterocycles. The van der Waals surface area contributed by atoms with Gasteiger partial charge in [0.25, 0.3) is 0 Å². The van der Waals surface area contributed by atoms with Gasteiger partial charge in [-0.2, -0.15) is 0 Å². The lowest BCUT2D eigenvalue weighted by Crippen LogP contribution is -2.43. The van der Waals surface area contributed by atoms with Crippen LogP contribution >= 0.6 is 0 Å². The molecule has 1 atom stereocenters. The van der Waals surface area contributed by atoms with Crippen LogP contribution in [0.4, 0.5) is 5.69 Å². The van der Waals surface area contributed by atoms with Gasteiger partial charge >= 0.3 is 5.97 Å². The van der Waals surface area contributed by atoms with Crippen molar-refractivity contribution in [3.8, 4) is 0 Å². The zero-order valence-electron chi connectivity index (χ0n) is 13.0. The number of hydrogen-bond acceptors (Lipinski definition) is 2. The van der Waals surface area contributed by atoms with Crippen molar-refractivity contribution in [2.45, 2.75) is 32.2 Å².